The standard InChI is InChI=1S/C15H32N2O/c1-12(2)11-17(8-9-18-5)14(4)13(3)10-16-15-6-7-15/h12-16H,6-11H2,1-5H3. The second-order valence-electron chi connectivity index (χ2n) is 6.28. The second-order valence-corrected chi connectivity index (χ2v) is 6.28. The summed E-state index contributed by atoms with van der Waals surface area (Å²) in [6.45, 7) is 13.5. The van der Waals surface area contributed by atoms with E-state index < -0.39 is 0 Å². The van der Waals surface area contributed by atoms with Crippen molar-refractivity contribution in [2.45, 2.75) is 52.6 Å². The monoisotopic (exact) mass is 256 g/mol. The quantitative estimate of drug-likeness (QED) is 0.649. The van der Waals surface area contributed by atoms with Gasteiger partial charge in [-0.1, -0.05) is 20.8 Å². The third-order valence-corrected chi connectivity index (χ3v) is 3.89. The zero-order chi connectivity index (χ0) is 13.5. The van der Waals surface area contributed by atoms with Crippen molar-refractivity contribution in [1.29, 1.82) is 0 Å². The maximum atomic E-state index is 5.23. The Balaban J connectivity index is 2.35. The summed E-state index contributed by atoms with van der Waals surface area (Å²) in [4.78, 5) is 2.58. The van der Waals surface area contributed by atoms with Crippen molar-refractivity contribution in [3.05, 3.63) is 0 Å². The van der Waals surface area contributed by atoms with Gasteiger partial charge in [0, 0.05) is 32.3 Å². The highest BCUT2D eigenvalue weighted by atomic mass is 16.5. The van der Waals surface area contributed by atoms with Gasteiger partial charge in [0.15, 0.2) is 0 Å². The number of hydrogen-bond donors (Lipinski definition) is 1. The van der Waals surface area contributed by atoms with E-state index in [0.717, 1.165) is 32.3 Å². The molecule has 0 aromatic heterocycles. The summed E-state index contributed by atoms with van der Waals surface area (Å²) in [5.74, 6) is 1.41. The van der Waals surface area contributed by atoms with Crippen molar-refractivity contribution < 1.29 is 4.74 Å². The SMILES string of the molecule is COCCN(CC(C)C)C(C)C(C)CNC1CC1. The molecule has 18 heavy (non-hydrogen) atoms. The van der Waals surface area contributed by atoms with Crippen LogP contribution in [0.3, 0.4) is 0 Å². The van der Waals surface area contributed by atoms with E-state index in [1.165, 1.54) is 12.8 Å². The van der Waals surface area contributed by atoms with Crippen LogP contribution in [-0.2, 0) is 4.74 Å². The van der Waals surface area contributed by atoms with Crippen LogP contribution in [0.2, 0.25) is 0 Å². The lowest BCUT2D eigenvalue weighted by molar-refractivity contribution is 0.0940. The molecular weight excluding hydrogens is 224 g/mol. The van der Waals surface area contributed by atoms with E-state index in [1.54, 1.807) is 7.11 Å². The van der Waals surface area contributed by atoms with Crippen molar-refractivity contribution in [3.8, 4) is 0 Å². The molecule has 0 amide bonds. The number of methoxy groups -OCH3 is 1. The number of nitrogens with one attached hydrogen (secondary N) is 1. The fourth-order valence-electron chi connectivity index (χ4n) is 2.31. The highest BCUT2D eigenvalue weighted by molar-refractivity contribution is 4.83. The van der Waals surface area contributed by atoms with Gasteiger partial charge >= 0.3 is 0 Å². The summed E-state index contributed by atoms with van der Waals surface area (Å²) >= 11 is 0. The molecule has 3 heteroatoms. The molecule has 1 rings (SSSR count). The molecule has 1 aliphatic carbocycles. The van der Waals surface area contributed by atoms with Gasteiger partial charge in [0.25, 0.3) is 0 Å². The third-order valence-electron chi connectivity index (χ3n) is 3.89. The highest BCUT2D eigenvalue weighted by Gasteiger charge is 2.24. The van der Waals surface area contributed by atoms with Crippen LogP contribution in [0.4, 0.5) is 0 Å². The topological polar surface area (TPSA) is 24.5 Å². The van der Waals surface area contributed by atoms with E-state index in [1.807, 2.05) is 0 Å². The molecule has 2 atom stereocenters. The van der Waals surface area contributed by atoms with E-state index in [9.17, 15) is 0 Å². The highest BCUT2D eigenvalue weighted by Crippen LogP contribution is 2.20. The van der Waals surface area contributed by atoms with E-state index in [-0.39, 0.29) is 0 Å². The van der Waals surface area contributed by atoms with Crippen molar-refractivity contribution >= 4 is 0 Å². The molecule has 0 aromatic rings. The van der Waals surface area contributed by atoms with Gasteiger partial charge in [-0.15, -0.1) is 0 Å². The van der Waals surface area contributed by atoms with Crippen LogP contribution in [0.1, 0.15) is 40.5 Å². The first-order chi connectivity index (χ1) is 8.54. The lowest BCUT2D eigenvalue weighted by atomic mass is 10.0. The first-order valence-electron chi connectivity index (χ1n) is 7.51. The van der Waals surface area contributed by atoms with Crippen LogP contribution in [0.15, 0.2) is 0 Å². The number of rotatable bonds is 10. The van der Waals surface area contributed by atoms with Crippen LogP contribution < -0.4 is 5.32 Å². The molecule has 2 unspecified atom stereocenters. The molecule has 0 aromatic carbocycles. The Hall–Kier alpha value is -0.120. The lowest BCUT2D eigenvalue weighted by Gasteiger charge is -2.34. The van der Waals surface area contributed by atoms with E-state index in [0.29, 0.717) is 17.9 Å². The predicted molar refractivity (Wildman–Crippen MR) is 77.9 cm³/mol. The minimum Gasteiger partial charge on any atom is -0.383 e. The molecule has 1 fully saturated rings. The molecule has 3 nitrogen and oxygen atoms in total. The lowest BCUT2D eigenvalue weighted by Crippen LogP contribution is -2.44. The molecule has 1 saturated carbocycles. The summed E-state index contributed by atoms with van der Waals surface area (Å²) in [5, 5.41) is 3.64. The second kappa shape index (κ2) is 8.13. The van der Waals surface area contributed by atoms with Gasteiger partial charge < -0.3 is 10.1 Å². The Morgan fingerprint density at radius 1 is 1.22 bits per heavy atom. The van der Waals surface area contributed by atoms with Crippen LogP contribution >= 0.6 is 0 Å². The van der Waals surface area contributed by atoms with Crippen molar-refractivity contribution in [2.24, 2.45) is 11.8 Å². The molecule has 108 valence electrons. The van der Waals surface area contributed by atoms with Gasteiger partial charge in [0.2, 0.25) is 0 Å². The molecule has 0 heterocycles. The van der Waals surface area contributed by atoms with E-state index in [2.05, 4.69) is 37.9 Å². The summed E-state index contributed by atoms with van der Waals surface area (Å²) in [7, 11) is 1.79. The summed E-state index contributed by atoms with van der Waals surface area (Å²) in [6.07, 6.45) is 2.75. The minimum atomic E-state index is 0.619. The van der Waals surface area contributed by atoms with Gasteiger partial charge in [0.05, 0.1) is 6.61 Å². The maximum absolute atomic E-state index is 5.23. The Morgan fingerprint density at radius 2 is 1.89 bits per heavy atom. The predicted octanol–water partition coefficient (Wildman–Crippen LogP) is 2.37. The molecular formula is C15H32N2O. The maximum Gasteiger partial charge on any atom is 0.0589 e. The number of ether oxygens (including phenoxy) is 1. The Morgan fingerprint density at radius 3 is 2.39 bits per heavy atom. The third kappa shape index (κ3) is 6.17. The minimum absolute atomic E-state index is 0.619. The van der Waals surface area contributed by atoms with Crippen LogP contribution in [0.25, 0.3) is 0 Å². The normalized spacial score (nSPS) is 19.5. The zero-order valence-electron chi connectivity index (χ0n) is 12.9. The van der Waals surface area contributed by atoms with Gasteiger partial charge in [0.1, 0.15) is 0 Å². The molecule has 0 spiro atoms. The number of hydrogen-bond acceptors (Lipinski definition) is 3. The average molecular weight is 256 g/mol. The Bertz CT molecular complexity index is 217. The summed E-state index contributed by atoms with van der Waals surface area (Å²) in [5.41, 5.74) is 0. The molecule has 1 N–H and O–H groups in total. The zero-order valence-corrected chi connectivity index (χ0v) is 12.9. The van der Waals surface area contributed by atoms with Crippen molar-refractivity contribution in [1.82, 2.24) is 10.2 Å². The fraction of sp³-hybridized carbons (Fsp3) is 1.00. The van der Waals surface area contributed by atoms with E-state index in [4.69, 9.17) is 4.74 Å². The molecule has 1 aliphatic rings. The smallest absolute Gasteiger partial charge is 0.0589 e. The van der Waals surface area contributed by atoms with Gasteiger partial charge in [-0.2, -0.15) is 0 Å². The van der Waals surface area contributed by atoms with Gasteiger partial charge in [-0.3, -0.25) is 4.90 Å². The van der Waals surface area contributed by atoms with Crippen molar-refractivity contribution in [3.63, 3.8) is 0 Å². The first kappa shape index (κ1) is 15.9. The van der Waals surface area contributed by atoms with Gasteiger partial charge in [-0.05, 0) is 38.1 Å². The summed E-state index contributed by atoms with van der Waals surface area (Å²) in [6, 6.07) is 1.44. The van der Waals surface area contributed by atoms with Crippen LogP contribution in [-0.4, -0.2) is 50.3 Å². The molecule has 0 bridgehead atoms. The summed E-state index contributed by atoms with van der Waals surface area (Å²) < 4.78 is 5.23. The van der Waals surface area contributed by atoms with Crippen LogP contribution in [0.5, 0.6) is 0 Å². The first-order valence-corrected chi connectivity index (χ1v) is 7.51. The Labute approximate surface area is 113 Å². The molecule has 0 saturated heterocycles. The van der Waals surface area contributed by atoms with E-state index >= 15 is 0 Å². The number of nitrogens with zero attached hydrogens (tertiary/aromatic N) is 1. The molecule has 0 aliphatic heterocycles. The Kier molecular flexibility index (Phi) is 7.20. The molecule has 0 radical (unpaired) electrons. The van der Waals surface area contributed by atoms with Crippen LogP contribution in [0, 0.1) is 11.8 Å². The largest absolute Gasteiger partial charge is 0.383 e. The van der Waals surface area contributed by atoms with Gasteiger partial charge in [-0.25, -0.2) is 0 Å². The van der Waals surface area contributed by atoms with Crippen molar-refractivity contribution in [2.75, 3.05) is 33.4 Å². The average Bonchev–Trinajstić information content (AvgIpc) is 3.14. The fourth-order valence-corrected chi connectivity index (χ4v) is 2.31.